The van der Waals surface area contributed by atoms with Gasteiger partial charge in [0.25, 0.3) is 0 Å². The van der Waals surface area contributed by atoms with Crippen LogP contribution in [0.25, 0.3) is 0 Å². The molecule has 0 aromatic heterocycles. The first-order valence-corrected chi connectivity index (χ1v) is 12.9. The predicted molar refractivity (Wildman–Crippen MR) is 113 cm³/mol. The Labute approximate surface area is 182 Å². The lowest BCUT2D eigenvalue weighted by atomic mass is 9.96. The molecule has 31 heavy (non-hydrogen) atoms. The molecule has 0 bridgehead atoms. The Morgan fingerprint density at radius 2 is 1.90 bits per heavy atom. The van der Waals surface area contributed by atoms with Crippen LogP contribution in [0.3, 0.4) is 0 Å². The Morgan fingerprint density at radius 3 is 2.55 bits per heavy atom. The molecule has 1 aliphatic heterocycles. The fourth-order valence-electron chi connectivity index (χ4n) is 4.32. The molecule has 1 aromatic carbocycles. The number of carbonyl (C=O) groups excluding carboxylic acids is 2. The Balaban J connectivity index is 1.26. The zero-order valence-corrected chi connectivity index (χ0v) is 18.5. The minimum atomic E-state index is -3.52. The Kier molecular flexibility index (Phi) is 6.37. The molecule has 2 saturated carbocycles. The van der Waals surface area contributed by atoms with Crippen molar-refractivity contribution in [3.8, 4) is 5.75 Å². The number of halogens is 1. The number of unbranched alkanes of at least 4 members (excludes halogenated alkanes) is 2. The van der Waals surface area contributed by atoms with Crippen molar-refractivity contribution in [2.75, 3.05) is 12.4 Å². The fraction of sp³-hybridized carbons (Fsp3) is 0.652. The SMILES string of the molecule is O=C1CC(CCCCCC2(CS(=O)(=O)c3ccc(F)c(OCC4CC4)c3)CC2)C(=O)N1. The zero-order valence-electron chi connectivity index (χ0n) is 17.7. The quantitative estimate of drug-likeness (QED) is 0.297. The van der Waals surface area contributed by atoms with Gasteiger partial charge in [0.05, 0.1) is 17.3 Å². The third kappa shape index (κ3) is 5.84. The van der Waals surface area contributed by atoms with Gasteiger partial charge in [-0.3, -0.25) is 14.9 Å². The lowest BCUT2D eigenvalue weighted by molar-refractivity contribution is -0.125. The molecule has 3 aliphatic rings. The molecule has 8 heteroatoms. The van der Waals surface area contributed by atoms with Gasteiger partial charge in [0.15, 0.2) is 21.4 Å². The van der Waals surface area contributed by atoms with E-state index >= 15 is 0 Å². The van der Waals surface area contributed by atoms with Crippen molar-refractivity contribution in [1.82, 2.24) is 5.32 Å². The van der Waals surface area contributed by atoms with Crippen molar-refractivity contribution in [3.63, 3.8) is 0 Å². The number of rotatable bonds is 12. The number of imide groups is 1. The van der Waals surface area contributed by atoms with Gasteiger partial charge in [0.2, 0.25) is 11.8 Å². The predicted octanol–water partition coefficient (Wildman–Crippen LogP) is 3.78. The molecular formula is C23H30FNO5S. The molecule has 1 atom stereocenters. The van der Waals surface area contributed by atoms with Crippen LogP contribution in [-0.4, -0.2) is 32.6 Å². The second kappa shape index (κ2) is 8.88. The van der Waals surface area contributed by atoms with Crippen molar-refractivity contribution >= 4 is 21.7 Å². The average molecular weight is 452 g/mol. The maximum Gasteiger partial charge on any atom is 0.230 e. The van der Waals surface area contributed by atoms with Gasteiger partial charge < -0.3 is 4.74 Å². The van der Waals surface area contributed by atoms with Crippen molar-refractivity contribution in [2.45, 2.75) is 69.1 Å². The first kappa shape index (κ1) is 22.2. The maximum atomic E-state index is 14.0. The molecule has 1 heterocycles. The second-order valence-corrected chi connectivity index (χ2v) is 11.5. The lowest BCUT2D eigenvalue weighted by Gasteiger charge is -2.16. The number of amides is 2. The van der Waals surface area contributed by atoms with E-state index in [0.717, 1.165) is 51.4 Å². The summed E-state index contributed by atoms with van der Waals surface area (Å²) in [5.74, 6) is -0.553. The second-order valence-electron chi connectivity index (χ2n) is 9.52. The average Bonchev–Trinajstić information content (AvgIpc) is 3.63. The van der Waals surface area contributed by atoms with Gasteiger partial charge in [0, 0.05) is 18.4 Å². The molecule has 170 valence electrons. The van der Waals surface area contributed by atoms with E-state index in [9.17, 15) is 22.4 Å². The summed E-state index contributed by atoms with van der Waals surface area (Å²) < 4.78 is 45.5. The molecule has 6 nitrogen and oxygen atoms in total. The monoisotopic (exact) mass is 451 g/mol. The molecule has 1 saturated heterocycles. The summed E-state index contributed by atoms with van der Waals surface area (Å²) in [7, 11) is -3.52. The molecule has 3 fully saturated rings. The molecule has 2 amide bonds. The highest BCUT2D eigenvalue weighted by Crippen LogP contribution is 2.51. The summed E-state index contributed by atoms with van der Waals surface area (Å²) in [6.07, 6.45) is 8.40. The van der Waals surface area contributed by atoms with Crippen LogP contribution in [0.1, 0.15) is 64.2 Å². The largest absolute Gasteiger partial charge is 0.490 e. The van der Waals surface area contributed by atoms with Gasteiger partial charge in [-0.1, -0.05) is 19.3 Å². The summed E-state index contributed by atoms with van der Waals surface area (Å²) in [5, 5.41) is 2.33. The van der Waals surface area contributed by atoms with Crippen LogP contribution in [0.4, 0.5) is 4.39 Å². The zero-order chi connectivity index (χ0) is 22.1. The Morgan fingerprint density at radius 1 is 1.13 bits per heavy atom. The number of benzene rings is 1. The summed E-state index contributed by atoms with van der Waals surface area (Å²) in [6.45, 7) is 0.432. The van der Waals surface area contributed by atoms with E-state index in [1.54, 1.807) is 0 Å². The third-order valence-corrected chi connectivity index (χ3v) is 8.68. The fourth-order valence-corrected chi connectivity index (χ4v) is 6.29. The molecular weight excluding hydrogens is 421 g/mol. The van der Waals surface area contributed by atoms with E-state index in [4.69, 9.17) is 4.74 Å². The first-order chi connectivity index (χ1) is 14.8. The van der Waals surface area contributed by atoms with Crippen LogP contribution in [0.15, 0.2) is 23.1 Å². The van der Waals surface area contributed by atoms with E-state index in [1.165, 1.54) is 18.2 Å². The van der Waals surface area contributed by atoms with Gasteiger partial charge in [-0.15, -0.1) is 0 Å². The molecule has 2 aliphatic carbocycles. The number of hydrogen-bond acceptors (Lipinski definition) is 5. The van der Waals surface area contributed by atoms with Crippen LogP contribution in [0.5, 0.6) is 5.75 Å². The normalized spacial score (nSPS) is 22.4. The van der Waals surface area contributed by atoms with Crippen molar-refractivity contribution < 1.29 is 27.1 Å². The van der Waals surface area contributed by atoms with Gasteiger partial charge >= 0.3 is 0 Å². The number of hydrogen-bond donors (Lipinski definition) is 1. The van der Waals surface area contributed by atoms with Crippen LogP contribution < -0.4 is 10.1 Å². The van der Waals surface area contributed by atoms with E-state index in [1.807, 2.05) is 0 Å². The number of ether oxygens (including phenoxy) is 1. The number of nitrogens with one attached hydrogen (secondary N) is 1. The van der Waals surface area contributed by atoms with E-state index < -0.39 is 15.7 Å². The summed E-state index contributed by atoms with van der Waals surface area (Å²) in [5.41, 5.74) is -0.192. The maximum absolute atomic E-state index is 14.0. The minimum Gasteiger partial charge on any atom is -0.490 e. The summed E-state index contributed by atoms with van der Waals surface area (Å²) in [4.78, 5) is 23.0. The highest BCUT2D eigenvalue weighted by molar-refractivity contribution is 7.91. The van der Waals surface area contributed by atoms with Crippen LogP contribution in [0.2, 0.25) is 0 Å². The highest BCUT2D eigenvalue weighted by Gasteiger charge is 2.45. The lowest BCUT2D eigenvalue weighted by Crippen LogP contribution is -2.22. The van der Waals surface area contributed by atoms with Crippen LogP contribution >= 0.6 is 0 Å². The molecule has 4 rings (SSSR count). The summed E-state index contributed by atoms with van der Waals surface area (Å²) in [6, 6.07) is 3.84. The van der Waals surface area contributed by atoms with Crippen LogP contribution in [-0.2, 0) is 19.4 Å². The first-order valence-electron chi connectivity index (χ1n) is 11.3. The molecule has 1 N–H and O–H groups in total. The van der Waals surface area contributed by atoms with Gasteiger partial charge in [-0.25, -0.2) is 12.8 Å². The number of sulfone groups is 1. The summed E-state index contributed by atoms with van der Waals surface area (Å²) >= 11 is 0. The third-order valence-electron chi connectivity index (χ3n) is 6.71. The van der Waals surface area contributed by atoms with Gasteiger partial charge in [-0.05, 0) is 62.0 Å². The van der Waals surface area contributed by atoms with Gasteiger partial charge in [-0.2, -0.15) is 0 Å². The molecule has 1 aromatic rings. The van der Waals surface area contributed by atoms with Crippen molar-refractivity contribution in [3.05, 3.63) is 24.0 Å². The van der Waals surface area contributed by atoms with E-state index in [-0.39, 0.29) is 46.0 Å². The minimum absolute atomic E-state index is 0.0206. The number of carbonyl (C=O) groups is 2. The van der Waals surface area contributed by atoms with Crippen molar-refractivity contribution in [2.24, 2.45) is 17.3 Å². The standard InChI is InChI=1S/C23H30FNO5S/c24-19-8-7-18(13-20(19)30-14-16-5-6-16)31(28,29)15-23(10-11-23)9-3-1-2-4-17-12-21(26)25-22(17)27/h7-8,13,16-17H,1-6,9-12,14-15H2,(H,25,26,27). The van der Waals surface area contributed by atoms with E-state index in [2.05, 4.69) is 5.32 Å². The molecule has 0 radical (unpaired) electrons. The topological polar surface area (TPSA) is 89.5 Å². The van der Waals surface area contributed by atoms with Crippen LogP contribution in [0, 0.1) is 23.1 Å². The molecule has 0 spiro atoms. The highest BCUT2D eigenvalue weighted by atomic mass is 32.2. The Bertz CT molecular complexity index is 953. The Hall–Kier alpha value is -1.96. The van der Waals surface area contributed by atoms with Gasteiger partial charge in [0.1, 0.15) is 0 Å². The van der Waals surface area contributed by atoms with E-state index in [0.29, 0.717) is 18.9 Å². The smallest absolute Gasteiger partial charge is 0.230 e. The van der Waals surface area contributed by atoms with Crippen molar-refractivity contribution in [1.29, 1.82) is 0 Å². The molecule has 1 unspecified atom stereocenters.